The minimum absolute atomic E-state index is 0.107. The van der Waals surface area contributed by atoms with Crippen LogP contribution in [0.3, 0.4) is 0 Å². The summed E-state index contributed by atoms with van der Waals surface area (Å²) in [6.45, 7) is 3.44. The summed E-state index contributed by atoms with van der Waals surface area (Å²) < 4.78 is 5.35. The zero-order valence-electron chi connectivity index (χ0n) is 13.1. The van der Waals surface area contributed by atoms with E-state index in [1.165, 1.54) is 0 Å². The molecule has 0 bridgehead atoms. The van der Waals surface area contributed by atoms with Gasteiger partial charge in [-0.3, -0.25) is 9.59 Å². The molecule has 1 aliphatic heterocycles. The Labute approximate surface area is 131 Å². The van der Waals surface area contributed by atoms with E-state index in [1.807, 2.05) is 0 Å². The van der Waals surface area contributed by atoms with Gasteiger partial charge in [-0.25, -0.2) is 0 Å². The van der Waals surface area contributed by atoms with Crippen LogP contribution in [0.4, 0.5) is 5.69 Å². The number of hydrogen-bond donors (Lipinski definition) is 2. The molecular weight excluding hydrogens is 280 g/mol. The molecule has 0 spiro atoms. The number of carbonyl (C=O) groups excluding carboxylic acids is 2. The van der Waals surface area contributed by atoms with Crippen molar-refractivity contribution in [1.29, 1.82) is 0 Å². The molecule has 1 atom stereocenters. The summed E-state index contributed by atoms with van der Waals surface area (Å²) >= 11 is 0. The summed E-state index contributed by atoms with van der Waals surface area (Å²) in [4.78, 5) is 24.1. The molecule has 1 aliphatic rings. The largest absolute Gasteiger partial charge is 0.368 e. The molecule has 1 fully saturated rings. The monoisotopic (exact) mass is 304 g/mol. The van der Waals surface area contributed by atoms with E-state index in [2.05, 4.69) is 17.6 Å². The van der Waals surface area contributed by atoms with Crippen molar-refractivity contribution in [2.24, 2.45) is 0 Å². The number of hydrogen-bond acceptors (Lipinski definition) is 3. The lowest BCUT2D eigenvalue weighted by atomic mass is 10.1. The molecule has 1 aromatic carbocycles. The normalized spacial score (nSPS) is 17.2. The fraction of sp³-hybridized carbons (Fsp3) is 0.529. The second kappa shape index (κ2) is 8.54. The van der Waals surface area contributed by atoms with E-state index in [-0.39, 0.29) is 17.9 Å². The van der Waals surface area contributed by atoms with Crippen molar-refractivity contribution in [3.8, 4) is 0 Å². The highest BCUT2D eigenvalue weighted by atomic mass is 16.5. The predicted octanol–water partition coefficient (Wildman–Crippen LogP) is 2.72. The molecule has 5 heteroatoms. The molecule has 2 amide bonds. The molecule has 2 N–H and O–H groups in total. The third-order valence-electron chi connectivity index (χ3n) is 3.68. The van der Waals surface area contributed by atoms with E-state index >= 15 is 0 Å². The van der Waals surface area contributed by atoms with Crippen LogP contribution < -0.4 is 10.6 Å². The first kappa shape index (κ1) is 16.5. The number of rotatable bonds is 7. The molecule has 0 aliphatic carbocycles. The molecule has 1 heterocycles. The van der Waals surface area contributed by atoms with E-state index in [0.29, 0.717) is 24.4 Å². The van der Waals surface area contributed by atoms with Crippen molar-refractivity contribution in [3.63, 3.8) is 0 Å². The topological polar surface area (TPSA) is 67.4 Å². The predicted molar refractivity (Wildman–Crippen MR) is 85.9 cm³/mol. The number of benzene rings is 1. The third kappa shape index (κ3) is 4.84. The van der Waals surface area contributed by atoms with Crippen LogP contribution in [0.2, 0.25) is 0 Å². The molecule has 1 aromatic rings. The molecule has 2 rings (SSSR count). The van der Waals surface area contributed by atoms with Gasteiger partial charge in [0.25, 0.3) is 11.8 Å². The van der Waals surface area contributed by atoms with Crippen LogP contribution in [0.1, 0.15) is 49.4 Å². The smallest absolute Gasteiger partial charge is 0.253 e. The van der Waals surface area contributed by atoms with Gasteiger partial charge in [0.15, 0.2) is 0 Å². The van der Waals surface area contributed by atoms with Gasteiger partial charge < -0.3 is 15.4 Å². The van der Waals surface area contributed by atoms with Crippen molar-refractivity contribution in [2.75, 3.05) is 18.5 Å². The zero-order chi connectivity index (χ0) is 15.8. The van der Waals surface area contributed by atoms with Crippen molar-refractivity contribution in [3.05, 3.63) is 29.8 Å². The Morgan fingerprint density at radius 1 is 1.32 bits per heavy atom. The fourth-order valence-electron chi connectivity index (χ4n) is 2.42. The second-order valence-corrected chi connectivity index (χ2v) is 5.53. The Balaban J connectivity index is 1.88. The third-order valence-corrected chi connectivity index (χ3v) is 3.68. The zero-order valence-corrected chi connectivity index (χ0v) is 13.1. The Morgan fingerprint density at radius 3 is 2.91 bits per heavy atom. The van der Waals surface area contributed by atoms with Gasteiger partial charge in [0.2, 0.25) is 0 Å². The summed E-state index contributed by atoms with van der Waals surface area (Å²) in [5.41, 5.74) is 1.18. The molecule has 5 nitrogen and oxygen atoms in total. The maximum absolute atomic E-state index is 12.1. The van der Waals surface area contributed by atoms with Crippen LogP contribution >= 0.6 is 0 Å². The average molecular weight is 304 g/mol. The fourth-order valence-corrected chi connectivity index (χ4v) is 2.42. The van der Waals surface area contributed by atoms with E-state index in [4.69, 9.17) is 4.74 Å². The van der Waals surface area contributed by atoms with Gasteiger partial charge in [-0.1, -0.05) is 25.8 Å². The number of amides is 2. The van der Waals surface area contributed by atoms with E-state index in [9.17, 15) is 9.59 Å². The van der Waals surface area contributed by atoms with Crippen LogP contribution in [0.15, 0.2) is 24.3 Å². The maximum atomic E-state index is 12.1. The summed E-state index contributed by atoms with van der Waals surface area (Å²) in [7, 11) is 0. The first-order valence-corrected chi connectivity index (χ1v) is 8.01. The van der Waals surface area contributed by atoms with Crippen LogP contribution in [-0.2, 0) is 9.53 Å². The van der Waals surface area contributed by atoms with Crippen LogP contribution in [0.25, 0.3) is 0 Å². The molecule has 0 aromatic heterocycles. The molecule has 1 saturated heterocycles. The Bertz CT molecular complexity index is 510. The lowest BCUT2D eigenvalue weighted by Gasteiger charge is -2.11. The van der Waals surface area contributed by atoms with Crippen LogP contribution in [0, 0.1) is 0 Å². The van der Waals surface area contributed by atoms with Crippen molar-refractivity contribution < 1.29 is 14.3 Å². The Morgan fingerprint density at radius 2 is 2.18 bits per heavy atom. The summed E-state index contributed by atoms with van der Waals surface area (Å²) in [5, 5.41) is 5.70. The highest BCUT2D eigenvalue weighted by Gasteiger charge is 2.23. The summed E-state index contributed by atoms with van der Waals surface area (Å²) in [6, 6.07) is 6.99. The van der Waals surface area contributed by atoms with Gasteiger partial charge in [-0.15, -0.1) is 0 Å². The number of ether oxygens (including phenoxy) is 1. The average Bonchev–Trinajstić information content (AvgIpc) is 3.06. The first-order chi connectivity index (χ1) is 10.7. The summed E-state index contributed by atoms with van der Waals surface area (Å²) in [5.74, 6) is -0.248. The van der Waals surface area contributed by atoms with Crippen molar-refractivity contribution in [2.45, 2.75) is 45.1 Å². The minimum Gasteiger partial charge on any atom is -0.368 e. The van der Waals surface area contributed by atoms with Gasteiger partial charge >= 0.3 is 0 Å². The Hall–Kier alpha value is -1.88. The number of unbranched alkanes of at least 4 members (excludes halogenated alkanes) is 2. The Kier molecular flexibility index (Phi) is 6.40. The number of carbonyl (C=O) groups is 2. The minimum atomic E-state index is -0.369. The van der Waals surface area contributed by atoms with Crippen LogP contribution in [0.5, 0.6) is 0 Å². The van der Waals surface area contributed by atoms with Crippen molar-refractivity contribution in [1.82, 2.24) is 5.32 Å². The highest BCUT2D eigenvalue weighted by molar-refractivity contribution is 5.98. The molecule has 120 valence electrons. The standard InChI is InChI=1S/C17H24N2O3/c1-2-3-4-10-18-16(20)13-7-5-8-14(12-13)19-17(21)15-9-6-11-22-15/h5,7-8,12,15H,2-4,6,9-11H2,1H3,(H,18,20)(H,19,21)/t15-/m1/s1. The van der Waals surface area contributed by atoms with Gasteiger partial charge in [-0.2, -0.15) is 0 Å². The molecule has 0 unspecified atom stereocenters. The van der Waals surface area contributed by atoms with Gasteiger partial charge in [0.1, 0.15) is 6.10 Å². The summed E-state index contributed by atoms with van der Waals surface area (Å²) in [6.07, 6.45) is 4.52. The quantitative estimate of drug-likeness (QED) is 0.761. The van der Waals surface area contributed by atoms with E-state index < -0.39 is 0 Å². The maximum Gasteiger partial charge on any atom is 0.253 e. The second-order valence-electron chi connectivity index (χ2n) is 5.53. The lowest BCUT2D eigenvalue weighted by molar-refractivity contribution is -0.124. The number of nitrogens with one attached hydrogen (secondary N) is 2. The van der Waals surface area contributed by atoms with Gasteiger partial charge in [-0.05, 0) is 37.5 Å². The lowest BCUT2D eigenvalue weighted by Crippen LogP contribution is -2.27. The highest BCUT2D eigenvalue weighted by Crippen LogP contribution is 2.16. The van der Waals surface area contributed by atoms with Gasteiger partial charge in [0, 0.05) is 24.4 Å². The number of anilines is 1. The molecule has 0 radical (unpaired) electrons. The van der Waals surface area contributed by atoms with E-state index in [0.717, 1.165) is 32.1 Å². The molecule has 22 heavy (non-hydrogen) atoms. The molecule has 0 saturated carbocycles. The van der Waals surface area contributed by atoms with Crippen molar-refractivity contribution >= 4 is 17.5 Å². The SMILES string of the molecule is CCCCCNC(=O)c1cccc(NC(=O)[C@H]2CCCO2)c1. The van der Waals surface area contributed by atoms with Crippen LogP contribution in [-0.4, -0.2) is 31.1 Å². The first-order valence-electron chi connectivity index (χ1n) is 8.01. The molecular formula is C17H24N2O3. The van der Waals surface area contributed by atoms with Gasteiger partial charge in [0.05, 0.1) is 0 Å². The van der Waals surface area contributed by atoms with E-state index in [1.54, 1.807) is 24.3 Å².